The minimum absolute atomic E-state index is 0.217. The Bertz CT molecular complexity index is 731. The average Bonchev–Trinajstić information content (AvgIpc) is 3.06. The molecule has 0 aromatic carbocycles. The van der Waals surface area contributed by atoms with Crippen molar-refractivity contribution in [3.05, 3.63) is 25.8 Å². The number of hydrogen-bond acceptors (Lipinski definition) is 6. The first-order chi connectivity index (χ1) is 10.7. The Hall–Kier alpha value is -1.53. The smallest absolute Gasteiger partial charge is 0.332 e. The van der Waals surface area contributed by atoms with Crippen LogP contribution < -0.4 is 5.32 Å². The summed E-state index contributed by atoms with van der Waals surface area (Å²) in [4.78, 5) is 25.4. The molecule has 0 spiro atoms. The van der Waals surface area contributed by atoms with E-state index in [1.807, 2.05) is 0 Å². The lowest BCUT2D eigenvalue weighted by molar-refractivity contribution is -0.138. The largest absolute Gasteiger partial charge is 0.445 e. The fourth-order valence-corrected chi connectivity index (χ4v) is 3.46. The van der Waals surface area contributed by atoms with E-state index >= 15 is 0 Å². The van der Waals surface area contributed by atoms with Crippen LogP contribution in [0, 0.1) is 0 Å². The van der Waals surface area contributed by atoms with Gasteiger partial charge in [-0.2, -0.15) is 13.2 Å². The highest BCUT2D eigenvalue weighted by atomic mass is 79.9. The molecule has 0 aliphatic rings. The van der Waals surface area contributed by atoms with Crippen molar-refractivity contribution in [2.24, 2.45) is 0 Å². The van der Waals surface area contributed by atoms with E-state index in [1.54, 1.807) is 12.1 Å². The highest BCUT2D eigenvalue weighted by Crippen LogP contribution is 2.32. The molecular weight excluding hydrogens is 421 g/mol. The van der Waals surface area contributed by atoms with Crippen LogP contribution >= 0.6 is 38.6 Å². The van der Waals surface area contributed by atoms with Gasteiger partial charge in [0.15, 0.2) is 0 Å². The molecule has 2 amide bonds. The lowest BCUT2D eigenvalue weighted by atomic mass is 10.4. The molecule has 12 heteroatoms. The normalized spacial score (nSPS) is 11.3. The van der Waals surface area contributed by atoms with Gasteiger partial charge < -0.3 is 4.90 Å². The Labute approximate surface area is 144 Å². The Morgan fingerprint density at radius 1 is 1.30 bits per heavy atom. The van der Waals surface area contributed by atoms with Crippen molar-refractivity contribution in [2.45, 2.75) is 6.18 Å². The van der Waals surface area contributed by atoms with Crippen LogP contribution in [0.1, 0.15) is 14.7 Å². The minimum atomic E-state index is -4.61. The van der Waals surface area contributed by atoms with Crippen LogP contribution in [0.3, 0.4) is 0 Å². The van der Waals surface area contributed by atoms with Crippen molar-refractivity contribution in [2.75, 3.05) is 18.9 Å². The molecule has 0 bridgehead atoms. The fraction of sp³-hybridized carbons (Fsp3) is 0.273. The number of halogens is 4. The summed E-state index contributed by atoms with van der Waals surface area (Å²) < 4.78 is 37.9. The number of alkyl halides is 3. The molecule has 0 unspecified atom stereocenters. The molecule has 2 rings (SSSR count). The van der Waals surface area contributed by atoms with Crippen molar-refractivity contribution in [3.63, 3.8) is 0 Å². The molecule has 2 aromatic heterocycles. The third kappa shape index (κ3) is 4.72. The molecule has 0 aliphatic heterocycles. The minimum Gasteiger partial charge on any atom is -0.332 e. The summed E-state index contributed by atoms with van der Waals surface area (Å²) in [6.45, 7) is -0.324. The highest BCUT2D eigenvalue weighted by molar-refractivity contribution is 9.11. The summed E-state index contributed by atoms with van der Waals surface area (Å²) >= 11 is 4.65. The monoisotopic (exact) mass is 428 g/mol. The van der Waals surface area contributed by atoms with E-state index in [-0.39, 0.29) is 28.9 Å². The van der Waals surface area contributed by atoms with Gasteiger partial charge in [-0.25, -0.2) is 0 Å². The van der Waals surface area contributed by atoms with Gasteiger partial charge in [-0.05, 0) is 28.1 Å². The first-order valence-electron chi connectivity index (χ1n) is 5.88. The van der Waals surface area contributed by atoms with Crippen LogP contribution in [0.5, 0.6) is 0 Å². The maximum absolute atomic E-state index is 12.4. The Morgan fingerprint density at radius 3 is 2.52 bits per heavy atom. The number of nitrogens with one attached hydrogen (secondary N) is 1. The molecule has 6 nitrogen and oxygen atoms in total. The molecule has 2 heterocycles. The molecule has 0 fully saturated rings. The number of likely N-dealkylation sites (N-methyl/N-ethyl adjacent to an activating group) is 1. The lowest BCUT2D eigenvalue weighted by Crippen LogP contribution is -2.34. The van der Waals surface area contributed by atoms with Gasteiger partial charge in [-0.3, -0.25) is 14.9 Å². The van der Waals surface area contributed by atoms with E-state index in [2.05, 4.69) is 31.4 Å². The second kappa shape index (κ2) is 6.93. The molecule has 0 saturated heterocycles. The Morgan fingerprint density at radius 2 is 2.00 bits per heavy atom. The zero-order chi connectivity index (χ0) is 17.2. The van der Waals surface area contributed by atoms with E-state index in [9.17, 15) is 22.8 Å². The number of rotatable bonds is 4. The van der Waals surface area contributed by atoms with E-state index in [0.717, 1.165) is 8.69 Å². The number of carbonyl (C=O) groups is 2. The molecule has 1 N–H and O–H groups in total. The summed E-state index contributed by atoms with van der Waals surface area (Å²) in [5, 5.41) is 6.95. The van der Waals surface area contributed by atoms with E-state index in [1.165, 1.54) is 18.4 Å². The summed E-state index contributed by atoms with van der Waals surface area (Å²) in [7, 11) is 1.41. The molecule has 0 atom stereocenters. The molecule has 0 aliphatic carbocycles. The van der Waals surface area contributed by atoms with Crippen molar-refractivity contribution in [3.8, 4) is 0 Å². The Balaban J connectivity index is 1.94. The van der Waals surface area contributed by atoms with Crippen molar-refractivity contribution < 1.29 is 22.8 Å². The van der Waals surface area contributed by atoms with Crippen LogP contribution in [0.2, 0.25) is 0 Å². The van der Waals surface area contributed by atoms with E-state index in [0.29, 0.717) is 4.88 Å². The molecule has 2 aromatic rings. The van der Waals surface area contributed by atoms with E-state index < -0.39 is 17.1 Å². The molecule has 0 saturated carbocycles. The van der Waals surface area contributed by atoms with Crippen molar-refractivity contribution in [1.82, 2.24) is 15.1 Å². The maximum atomic E-state index is 12.4. The lowest BCUT2D eigenvalue weighted by Gasteiger charge is -2.15. The number of hydrogen-bond donors (Lipinski definition) is 1. The predicted molar refractivity (Wildman–Crippen MR) is 82.5 cm³/mol. The van der Waals surface area contributed by atoms with Gasteiger partial charge >= 0.3 is 6.18 Å². The van der Waals surface area contributed by atoms with Crippen LogP contribution in [0.25, 0.3) is 0 Å². The molecule has 0 radical (unpaired) electrons. The predicted octanol–water partition coefficient (Wildman–Crippen LogP) is 3.09. The van der Waals surface area contributed by atoms with Gasteiger partial charge in [-0.15, -0.1) is 21.5 Å². The zero-order valence-corrected chi connectivity index (χ0v) is 14.6. The van der Waals surface area contributed by atoms with Gasteiger partial charge in [0.05, 0.1) is 15.2 Å². The maximum Gasteiger partial charge on any atom is 0.445 e. The second-order valence-corrected chi connectivity index (χ2v) is 7.66. The third-order valence-corrected chi connectivity index (χ3v) is 4.92. The first kappa shape index (κ1) is 17.8. The first-order valence-corrected chi connectivity index (χ1v) is 8.31. The topological polar surface area (TPSA) is 75.2 Å². The molecule has 23 heavy (non-hydrogen) atoms. The van der Waals surface area contributed by atoms with Crippen molar-refractivity contribution in [1.29, 1.82) is 0 Å². The van der Waals surface area contributed by atoms with Crippen LogP contribution in [0.4, 0.5) is 18.3 Å². The molecule has 124 valence electrons. The van der Waals surface area contributed by atoms with Gasteiger partial charge in [0, 0.05) is 7.05 Å². The fourth-order valence-electron chi connectivity index (χ4n) is 1.45. The number of carbonyl (C=O) groups excluding carboxylic acids is 2. The number of amides is 2. The SMILES string of the molecule is CN(CC(=O)Nc1nnc(C(F)(F)F)s1)C(=O)c1ccc(Br)s1. The summed E-state index contributed by atoms with van der Waals surface area (Å²) in [6, 6.07) is 3.30. The Kier molecular flexibility index (Phi) is 5.37. The summed E-state index contributed by atoms with van der Waals surface area (Å²) in [5.41, 5.74) is 0. The number of aromatic nitrogens is 2. The molecular formula is C11H8BrF3N4O2S2. The quantitative estimate of drug-likeness (QED) is 0.811. The van der Waals surface area contributed by atoms with Gasteiger partial charge in [-0.1, -0.05) is 11.3 Å². The van der Waals surface area contributed by atoms with Crippen LogP contribution in [-0.2, 0) is 11.0 Å². The zero-order valence-electron chi connectivity index (χ0n) is 11.3. The summed E-state index contributed by atoms with van der Waals surface area (Å²) in [5.74, 6) is -1.04. The average molecular weight is 429 g/mol. The van der Waals surface area contributed by atoms with Gasteiger partial charge in [0.2, 0.25) is 16.0 Å². The highest BCUT2D eigenvalue weighted by Gasteiger charge is 2.35. The number of anilines is 1. The van der Waals surface area contributed by atoms with E-state index in [4.69, 9.17) is 0 Å². The number of thiophene rings is 1. The number of nitrogens with zero attached hydrogens (tertiary/aromatic N) is 3. The van der Waals surface area contributed by atoms with Crippen LogP contribution in [-0.4, -0.2) is 40.5 Å². The second-order valence-electron chi connectivity index (χ2n) is 4.22. The third-order valence-electron chi connectivity index (χ3n) is 2.43. The summed E-state index contributed by atoms with van der Waals surface area (Å²) in [6.07, 6.45) is -4.61. The standard InChI is InChI=1S/C11H8BrF3N4O2S2/c1-19(8(21)5-2-3-6(12)22-5)4-7(20)16-10-18-17-9(23-10)11(13,14)15/h2-3H,4H2,1H3,(H,16,18,20). The van der Waals surface area contributed by atoms with Crippen LogP contribution in [0.15, 0.2) is 15.9 Å². The van der Waals surface area contributed by atoms with Gasteiger partial charge in [0.1, 0.15) is 0 Å². The van der Waals surface area contributed by atoms with Gasteiger partial charge in [0.25, 0.3) is 5.91 Å². The van der Waals surface area contributed by atoms with Crippen molar-refractivity contribution >= 4 is 55.5 Å².